The van der Waals surface area contributed by atoms with E-state index in [9.17, 15) is 18.0 Å². The molecule has 9 nitrogen and oxygen atoms in total. The molecule has 2 amide bonds. The largest absolute Gasteiger partial charge is 0.486 e. The Kier molecular flexibility index (Phi) is 9.93. The number of carbonyl (C=O) groups is 2. The van der Waals surface area contributed by atoms with Gasteiger partial charge in [-0.15, -0.1) is 0 Å². The highest BCUT2D eigenvalue weighted by molar-refractivity contribution is 9.10. The van der Waals surface area contributed by atoms with Crippen molar-refractivity contribution in [3.8, 4) is 11.5 Å². The van der Waals surface area contributed by atoms with E-state index in [0.29, 0.717) is 24.7 Å². The fourth-order valence-electron chi connectivity index (χ4n) is 4.32. The standard InChI is InChI=1S/C30H34BrN3O6S/c1-4-21(2)32-30(36)22(3)33(19-23-9-8-10-24(31)17-23)29(35)20-34(41(37,38)26-11-6-5-7-12-26)25-13-14-27-28(18-25)40-16-15-39-27/h5-14,17-18,21-22H,4,15-16,19-20H2,1-3H3,(H,32,36). The van der Waals surface area contributed by atoms with E-state index in [2.05, 4.69) is 21.2 Å². The Hall–Kier alpha value is -3.57. The molecule has 2 atom stereocenters. The van der Waals surface area contributed by atoms with Crippen LogP contribution in [0.2, 0.25) is 0 Å². The van der Waals surface area contributed by atoms with E-state index >= 15 is 0 Å². The minimum absolute atomic E-state index is 0.0313. The predicted molar refractivity (Wildman–Crippen MR) is 160 cm³/mol. The maximum absolute atomic E-state index is 14.1. The number of amides is 2. The summed E-state index contributed by atoms with van der Waals surface area (Å²) in [6.45, 7) is 5.77. The molecule has 3 aromatic carbocycles. The average Bonchev–Trinajstić information content (AvgIpc) is 2.98. The van der Waals surface area contributed by atoms with Crippen LogP contribution in [0.15, 0.2) is 82.2 Å². The summed E-state index contributed by atoms with van der Waals surface area (Å²) >= 11 is 3.46. The van der Waals surface area contributed by atoms with Crippen LogP contribution in [0.3, 0.4) is 0 Å². The number of rotatable bonds is 11. The maximum Gasteiger partial charge on any atom is 0.264 e. The zero-order chi connectivity index (χ0) is 29.6. The van der Waals surface area contributed by atoms with Crippen molar-refractivity contribution < 1.29 is 27.5 Å². The lowest BCUT2D eigenvalue weighted by Gasteiger charge is -2.32. The third kappa shape index (κ3) is 7.39. The minimum atomic E-state index is -4.18. The van der Waals surface area contributed by atoms with Crippen LogP contribution in [0.25, 0.3) is 0 Å². The summed E-state index contributed by atoms with van der Waals surface area (Å²) < 4.78 is 41.1. The second-order valence-electron chi connectivity index (χ2n) is 9.80. The average molecular weight is 645 g/mol. The van der Waals surface area contributed by atoms with Crippen LogP contribution in [0.5, 0.6) is 11.5 Å². The Morgan fingerprint density at radius 2 is 1.66 bits per heavy atom. The molecular weight excluding hydrogens is 610 g/mol. The zero-order valence-electron chi connectivity index (χ0n) is 23.2. The molecule has 0 saturated carbocycles. The molecule has 1 aliphatic rings. The molecule has 2 unspecified atom stereocenters. The van der Waals surface area contributed by atoms with Crippen LogP contribution in [0.1, 0.15) is 32.8 Å². The first kappa shape index (κ1) is 30.4. The molecule has 4 rings (SSSR count). The fourth-order valence-corrected chi connectivity index (χ4v) is 6.19. The van der Waals surface area contributed by atoms with E-state index in [1.54, 1.807) is 43.3 Å². The third-order valence-electron chi connectivity index (χ3n) is 6.83. The van der Waals surface area contributed by atoms with Gasteiger partial charge in [-0.3, -0.25) is 13.9 Å². The van der Waals surface area contributed by atoms with Gasteiger partial charge in [0.2, 0.25) is 11.8 Å². The predicted octanol–water partition coefficient (Wildman–Crippen LogP) is 4.75. The lowest BCUT2D eigenvalue weighted by atomic mass is 10.1. The monoisotopic (exact) mass is 643 g/mol. The van der Waals surface area contributed by atoms with E-state index < -0.39 is 28.5 Å². The Labute approximate surface area is 249 Å². The quantitative estimate of drug-likeness (QED) is 0.323. The molecule has 0 fully saturated rings. The normalized spacial score (nSPS) is 14.0. The highest BCUT2D eigenvalue weighted by atomic mass is 79.9. The zero-order valence-corrected chi connectivity index (χ0v) is 25.7. The van der Waals surface area contributed by atoms with Gasteiger partial charge in [0, 0.05) is 23.1 Å². The van der Waals surface area contributed by atoms with Gasteiger partial charge >= 0.3 is 0 Å². The van der Waals surface area contributed by atoms with Gasteiger partial charge in [0.25, 0.3) is 10.0 Å². The van der Waals surface area contributed by atoms with Crippen LogP contribution in [-0.2, 0) is 26.2 Å². The first-order chi connectivity index (χ1) is 19.6. The number of carbonyl (C=O) groups excluding carboxylic acids is 2. The fraction of sp³-hybridized carbons (Fsp3) is 0.333. The second-order valence-corrected chi connectivity index (χ2v) is 12.6. The maximum atomic E-state index is 14.1. The molecule has 1 N–H and O–H groups in total. The van der Waals surface area contributed by atoms with Crippen LogP contribution in [0.4, 0.5) is 5.69 Å². The minimum Gasteiger partial charge on any atom is -0.486 e. The smallest absolute Gasteiger partial charge is 0.264 e. The van der Waals surface area contributed by atoms with Crippen molar-refractivity contribution in [2.45, 2.75) is 50.7 Å². The number of nitrogens with zero attached hydrogens (tertiary/aromatic N) is 2. The Balaban J connectivity index is 1.73. The number of halogens is 1. The van der Waals surface area contributed by atoms with Crippen molar-refractivity contribution in [1.29, 1.82) is 0 Å². The van der Waals surface area contributed by atoms with Crippen LogP contribution < -0.4 is 19.1 Å². The van der Waals surface area contributed by atoms with Gasteiger partial charge in [0.15, 0.2) is 11.5 Å². The molecule has 41 heavy (non-hydrogen) atoms. The van der Waals surface area contributed by atoms with E-state index in [1.807, 2.05) is 38.1 Å². The number of anilines is 1. The molecule has 0 spiro atoms. The van der Waals surface area contributed by atoms with Crippen molar-refractivity contribution in [3.63, 3.8) is 0 Å². The van der Waals surface area contributed by atoms with Gasteiger partial charge in [-0.05, 0) is 62.2 Å². The second kappa shape index (κ2) is 13.4. The molecule has 0 aliphatic carbocycles. The van der Waals surface area contributed by atoms with E-state index in [4.69, 9.17) is 9.47 Å². The molecule has 1 heterocycles. The lowest BCUT2D eigenvalue weighted by molar-refractivity contribution is -0.139. The summed E-state index contributed by atoms with van der Waals surface area (Å²) in [7, 11) is -4.18. The summed E-state index contributed by atoms with van der Waals surface area (Å²) in [4.78, 5) is 28.7. The number of fused-ring (bicyclic) bond motifs is 1. The van der Waals surface area contributed by atoms with Gasteiger partial charge in [0.1, 0.15) is 25.8 Å². The Morgan fingerprint density at radius 1 is 0.951 bits per heavy atom. The number of ether oxygens (including phenoxy) is 2. The van der Waals surface area contributed by atoms with Crippen LogP contribution in [0, 0.1) is 0 Å². The highest BCUT2D eigenvalue weighted by Crippen LogP contribution is 2.36. The summed E-state index contributed by atoms with van der Waals surface area (Å²) in [6.07, 6.45) is 0.727. The number of benzene rings is 3. The van der Waals surface area contributed by atoms with Gasteiger partial charge in [0.05, 0.1) is 10.6 Å². The molecule has 0 saturated heterocycles. The molecule has 11 heteroatoms. The number of sulfonamides is 1. The SMILES string of the molecule is CCC(C)NC(=O)C(C)N(Cc1cccc(Br)c1)C(=O)CN(c1ccc2c(c1)OCCO2)S(=O)(=O)c1ccccc1. The van der Waals surface area contributed by atoms with Gasteiger partial charge in [-0.25, -0.2) is 8.42 Å². The molecule has 0 radical (unpaired) electrons. The van der Waals surface area contributed by atoms with E-state index in [1.165, 1.54) is 17.0 Å². The summed E-state index contributed by atoms with van der Waals surface area (Å²) in [6, 6.07) is 19.2. The molecule has 3 aromatic rings. The number of nitrogens with one attached hydrogen (secondary N) is 1. The van der Waals surface area contributed by atoms with Gasteiger partial charge in [-0.2, -0.15) is 0 Å². The topological polar surface area (TPSA) is 105 Å². The van der Waals surface area contributed by atoms with Gasteiger partial charge < -0.3 is 19.7 Å². The molecule has 0 aromatic heterocycles. The first-order valence-electron chi connectivity index (χ1n) is 13.4. The Bertz CT molecular complexity index is 1480. The number of hydrogen-bond donors (Lipinski definition) is 1. The van der Waals surface area contributed by atoms with Crippen LogP contribution in [-0.4, -0.2) is 57.0 Å². The van der Waals surface area contributed by atoms with Crippen LogP contribution >= 0.6 is 15.9 Å². The van der Waals surface area contributed by atoms with Crippen molar-refractivity contribution in [3.05, 3.63) is 82.8 Å². The molecule has 1 aliphatic heterocycles. The van der Waals surface area contributed by atoms with Crippen molar-refractivity contribution in [2.75, 3.05) is 24.1 Å². The Morgan fingerprint density at radius 3 is 2.34 bits per heavy atom. The van der Waals surface area contributed by atoms with E-state index in [0.717, 1.165) is 20.8 Å². The first-order valence-corrected chi connectivity index (χ1v) is 15.6. The van der Waals surface area contributed by atoms with E-state index in [-0.39, 0.29) is 29.1 Å². The molecule has 0 bridgehead atoms. The van der Waals surface area contributed by atoms with Crippen molar-refractivity contribution in [2.24, 2.45) is 0 Å². The summed E-state index contributed by atoms with van der Waals surface area (Å²) in [5.41, 5.74) is 1.03. The lowest BCUT2D eigenvalue weighted by Crippen LogP contribution is -2.52. The van der Waals surface area contributed by atoms with Crippen molar-refractivity contribution >= 4 is 43.5 Å². The van der Waals surface area contributed by atoms with Gasteiger partial charge in [-0.1, -0.05) is 53.2 Å². The molecule has 218 valence electrons. The molecular formula is C30H34BrN3O6S. The third-order valence-corrected chi connectivity index (χ3v) is 9.12. The van der Waals surface area contributed by atoms with Crippen molar-refractivity contribution in [1.82, 2.24) is 10.2 Å². The highest BCUT2D eigenvalue weighted by Gasteiger charge is 2.33. The summed E-state index contributed by atoms with van der Waals surface area (Å²) in [5, 5.41) is 2.93. The summed E-state index contributed by atoms with van der Waals surface area (Å²) in [5.74, 6) is 0.0300. The number of hydrogen-bond acceptors (Lipinski definition) is 6.